The first kappa shape index (κ1) is 21.1. The van der Waals surface area contributed by atoms with E-state index in [4.69, 9.17) is 14.7 Å². The molecule has 2 aromatic carbocycles. The van der Waals surface area contributed by atoms with Gasteiger partial charge < -0.3 is 19.5 Å². The van der Waals surface area contributed by atoms with Crippen molar-refractivity contribution in [1.29, 1.82) is 0 Å². The summed E-state index contributed by atoms with van der Waals surface area (Å²) in [6, 6.07) is 15.5. The highest BCUT2D eigenvalue weighted by Gasteiger charge is 2.35. The first-order chi connectivity index (χ1) is 16.5. The number of fused-ring (bicyclic) bond motifs is 4. The van der Waals surface area contributed by atoms with E-state index in [2.05, 4.69) is 26.9 Å². The van der Waals surface area contributed by atoms with Crippen LogP contribution in [0, 0.1) is 0 Å². The predicted octanol–water partition coefficient (Wildman–Crippen LogP) is 3.25. The molecule has 4 heterocycles. The number of hydrogen-bond acceptors (Lipinski definition) is 7. The van der Waals surface area contributed by atoms with Crippen molar-refractivity contribution in [2.24, 2.45) is 0 Å². The van der Waals surface area contributed by atoms with Gasteiger partial charge in [-0.25, -0.2) is 18.4 Å². The van der Waals surface area contributed by atoms with Crippen LogP contribution in [0.5, 0.6) is 0 Å². The maximum Gasteiger partial charge on any atom is 0.175 e. The lowest BCUT2D eigenvalue weighted by Crippen LogP contribution is -2.55. The zero-order chi connectivity index (χ0) is 23.3. The molecule has 34 heavy (non-hydrogen) atoms. The molecule has 4 aromatic rings. The smallest absolute Gasteiger partial charge is 0.175 e. The third kappa shape index (κ3) is 3.70. The van der Waals surface area contributed by atoms with Gasteiger partial charge in [-0.2, -0.15) is 0 Å². The van der Waals surface area contributed by atoms with Crippen LogP contribution in [0.15, 0.2) is 65.8 Å². The standard InChI is InChI=1S/C25H25N5O3S/c1-34(31,32)19-7-5-17(6-8-19)14-29-15-18-16-33-12-11-30(18)25-23(29)13-27-24(28-25)21-3-2-4-22-20(21)9-10-26-22/h2-10,13,18,26H,11-12,14-16H2,1H3/t18-/m0/s1. The molecule has 0 amide bonds. The van der Waals surface area contributed by atoms with Crippen molar-refractivity contribution in [3.63, 3.8) is 0 Å². The third-order valence-electron chi connectivity index (χ3n) is 6.58. The molecule has 0 radical (unpaired) electrons. The van der Waals surface area contributed by atoms with Crippen molar-refractivity contribution >= 4 is 32.2 Å². The summed E-state index contributed by atoms with van der Waals surface area (Å²) >= 11 is 0. The van der Waals surface area contributed by atoms with Crippen LogP contribution in [-0.2, 0) is 21.1 Å². The van der Waals surface area contributed by atoms with Crippen molar-refractivity contribution in [3.05, 3.63) is 66.5 Å². The number of ether oxygens (including phenoxy) is 1. The van der Waals surface area contributed by atoms with E-state index in [9.17, 15) is 8.42 Å². The highest BCUT2D eigenvalue weighted by molar-refractivity contribution is 7.90. The average Bonchev–Trinajstić information content (AvgIpc) is 3.33. The Morgan fingerprint density at radius 2 is 2.00 bits per heavy atom. The molecule has 2 aliphatic heterocycles. The maximum atomic E-state index is 11.8. The number of H-pyrrole nitrogens is 1. The number of anilines is 2. The summed E-state index contributed by atoms with van der Waals surface area (Å²) in [4.78, 5) is 18.0. The maximum absolute atomic E-state index is 11.8. The van der Waals surface area contributed by atoms with Gasteiger partial charge in [-0.3, -0.25) is 0 Å². The van der Waals surface area contributed by atoms with Gasteiger partial charge in [0.05, 0.1) is 36.0 Å². The zero-order valence-electron chi connectivity index (χ0n) is 18.8. The number of aromatic nitrogens is 3. The molecule has 1 atom stereocenters. The third-order valence-corrected chi connectivity index (χ3v) is 7.71. The van der Waals surface area contributed by atoms with Gasteiger partial charge in [0.15, 0.2) is 21.5 Å². The average molecular weight is 476 g/mol. The van der Waals surface area contributed by atoms with Gasteiger partial charge >= 0.3 is 0 Å². The Hall–Kier alpha value is -3.43. The molecule has 174 valence electrons. The fraction of sp³-hybridized carbons (Fsp3) is 0.280. The van der Waals surface area contributed by atoms with E-state index in [1.807, 2.05) is 36.7 Å². The van der Waals surface area contributed by atoms with Gasteiger partial charge in [0.2, 0.25) is 0 Å². The van der Waals surface area contributed by atoms with E-state index < -0.39 is 9.84 Å². The second-order valence-electron chi connectivity index (χ2n) is 8.87. The molecule has 0 aliphatic carbocycles. The van der Waals surface area contributed by atoms with Crippen molar-refractivity contribution in [1.82, 2.24) is 15.0 Å². The van der Waals surface area contributed by atoms with Crippen LogP contribution < -0.4 is 9.80 Å². The number of hydrogen-bond donors (Lipinski definition) is 1. The first-order valence-corrected chi connectivity index (χ1v) is 13.2. The lowest BCUT2D eigenvalue weighted by atomic mass is 10.1. The minimum absolute atomic E-state index is 0.197. The molecule has 0 bridgehead atoms. The van der Waals surface area contributed by atoms with Crippen LogP contribution in [0.3, 0.4) is 0 Å². The molecule has 9 heteroatoms. The Morgan fingerprint density at radius 3 is 2.82 bits per heavy atom. The lowest BCUT2D eigenvalue weighted by Gasteiger charge is -2.45. The van der Waals surface area contributed by atoms with Gasteiger partial charge in [-0.05, 0) is 29.8 Å². The van der Waals surface area contributed by atoms with Gasteiger partial charge in [0.1, 0.15) is 0 Å². The van der Waals surface area contributed by atoms with Crippen molar-refractivity contribution in [3.8, 4) is 11.4 Å². The second kappa shape index (κ2) is 8.11. The molecular formula is C25H25N5O3S. The molecular weight excluding hydrogens is 450 g/mol. The first-order valence-electron chi connectivity index (χ1n) is 11.3. The SMILES string of the molecule is CS(=O)(=O)c1ccc(CN2C[C@H]3COCCN3c3nc(-c4cccc5[nH]ccc45)ncc32)cc1. The summed E-state index contributed by atoms with van der Waals surface area (Å²) in [5, 5.41) is 1.10. The molecule has 0 unspecified atom stereocenters. The van der Waals surface area contributed by atoms with Gasteiger partial charge in [-0.15, -0.1) is 0 Å². The van der Waals surface area contributed by atoms with Gasteiger partial charge in [-0.1, -0.05) is 24.3 Å². The molecule has 2 aromatic heterocycles. The number of nitrogens with zero attached hydrogens (tertiary/aromatic N) is 4. The highest BCUT2D eigenvalue weighted by atomic mass is 32.2. The fourth-order valence-electron chi connectivity index (χ4n) is 4.86. The fourth-order valence-corrected chi connectivity index (χ4v) is 5.49. The largest absolute Gasteiger partial charge is 0.377 e. The van der Waals surface area contributed by atoms with E-state index in [1.165, 1.54) is 6.26 Å². The summed E-state index contributed by atoms with van der Waals surface area (Å²) in [5.41, 5.74) is 4.07. The topological polar surface area (TPSA) is 91.4 Å². The highest BCUT2D eigenvalue weighted by Crippen LogP contribution is 2.37. The number of nitrogens with one attached hydrogen (secondary N) is 1. The molecule has 2 aliphatic rings. The summed E-state index contributed by atoms with van der Waals surface area (Å²) in [6.45, 7) is 3.54. The molecule has 1 fully saturated rings. The lowest BCUT2D eigenvalue weighted by molar-refractivity contribution is 0.0936. The van der Waals surface area contributed by atoms with Crippen molar-refractivity contribution in [2.45, 2.75) is 17.5 Å². The van der Waals surface area contributed by atoms with Gasteiger partial charge in [0.25, 0.3) is 0 Å². The number of sulfone groups is 1. The van der Waals surface area contributed by atoms with Crippen LogP contribution >= 0.6 is 0 Å². The van der Waals surface area contributed by atoms with E-state index in [0.717, 1.165) is 46.6 Å². The molecule has 8 nitrogen and oxygen atoms in total. The minimum Gasteiger partial charge on any atom is -0.377 e. The Labute approximate surface area is 198 Å². The Kier molecular flexibility index (Phi) is 5.04. The van der Waals surface area contributed by atoms with Crippen molar-refractivity contribution < 1.29 is 13.2 Å². The molecule has 6 rings (SSSR count). The van der Waals surface area contributed by atoms with Crippen LogP contribution in [0.25, 0.3) is 22.3 Å². The second-order valence-corrected chi connectivity index (χ2v) is 10.9. The zero-order valence-corrected chi connectivity index (χ0v) is 19.6. The van der Waals surface area contributed by atoms with Crippen LogP contribution in [0.1, 0.15) is 5.56 Å². The van der Waals surface area contributed by atoms with E-state index in [-0.39, 0.29) is 6.04 Å². The molecule has 0 spiro atoms. The summed E-state index contributed by atoms with van der Waals surface area (Å²) in [6.07, 6.45) is 5.07. The summed E-state index contributed by atoms with van der Waals surface area (Å²) < 4.78 is 29.4. The summed E-state index contributed by atoms with van der Waals surface area (Å²) in [7, 11) is -3.22. The monoisotopic (exact) mass is 475 g/mol. The number of morpholine rings is 1. The Morgan fingerprint density at radius 1 is 1.15 bits per heavy atom. The van der Waals surface area contributed by atoms with Crippen LogP contribution in [-0.4, -0.2) is 62.0 Å². The van der Waals surface area contributed by atoms with Crippen LogP contribution in [0.4, 0.5) is 11.5 Å². The molecule has 1 N–H and O–H groups in total. The quantitative estimate of drug-likeness (QED) is 0.484. The van der Waals surface area contributed by atoms with Gasteiger partial charge in [0, 0.05) is 48.6 Å². The number of aromatic amines is 1. The Bertz CT molecular complexity index is 1470. The van der Waals surface area contributed by atoms with E-state index in [0.29, 0.717) is 30.5 Å². The number of benzene rings is 2. The normalized spacial score (nSPS) is 18.1. The molecule has 0 saturated carbocycles. The van der Waals surface area contributed by atoms with Crippen LogP contribution in [0.2, 0.25) is 0 Å². The predicted molar refractivity (Wildman–Crippen MR) is 132 cm³/mol. The molecule has 1 saturated heterocycles. The van der Waals surface area contributed by atoms with E-state index >= 15 is 0 Å². The summed E-state index contributed by atoms with van der Waals surface area (Å²) in [5.74, 6) is 1.62. The van der Waals surface area contributed by atoms with E-state index in [1.54, 1.807) is 12.1 Å². The Balaban J connectivity index is 1.39. The minimum atomic E-state index is -3.22. The number of rotatable bonds is 4. The van der Waals surface area contributed by atoms with Crippen molar-refractivity contribution in [2.75, 3.05) is 42.4 Å².